The summed E-state index contributed by atoms with van der Waals surface area (Å²) in [6.45, 7) is 3.92. The average molecular weight is 255 g/mol. The smallest absolute Gasteiger partial charge is 0.408 e. The van der Waals surface area contributed by atoms with E-state index in [2.05, 4.69) is 27.9 Å². The van der Waals surface area contributed by atoms with Crippen LogP contribution < -0.4 is 5.32 Å². The lowest BCUT2D eigenvalue weighted by atomic mass is 10.0. The van der Waals surface area contributed by atoms with E-state index in [1.54, 1.807) is 0 Å². The van der Waals surface area contributed by atoms with E-state index in [0.717, 1.165) is 4.43 Å². The second-order valence-corrected chi connectivity index (χ2v) is 3.78. The molecule has 1 rings (SSSR count). The second kappa shape index (κ2) is 2.56. The van der Waals surface area contributed by atoms with Gasteiger partial charge in [-0.05, 0) is 13.8 Å². The maximum Gasteiger partial charge on any atom is 0.408 e. The van der Waals surface area contributed by atoms with Crippen molar-refractivity contribution in [3.05, 3.63) is 0 Å². The summed E-state index contributed by atoms with van der Waals surface area (Å²) in [5, 5.41) is 2.73. The lowest BCUT2D eigenvalue weighted by Gasteiger charge is -2.20. The van der Waals surface area contributed by atoms with Gasteiger partial charge >= 0.3 is 6.09 Å². The van der Waals surface area contributed by atoms with Gasteiger partial charge in [0.1, 0.15) is 6.10 Å². The number of hydrogen-bond donors (Lipinski definition) is 1. The van der Waals surface area contributed by atoms with Gasteiger partial charge in [-0.15, -0.1) is 0 Å². The van der Waals surface area contributed by atoms with Crippen molar-refractivity contribution in [3.63, 3.8) is 0 Å². The zero-order chi connectivity index (χ0) is 7.78. The molecule has 0 aromatic heterocycles. The number of carbonyl (C=O) groups is 1. The summed E-state index contributed by atoms with van der Waals surface area (Å²) >= 11 is 2.21. The molecule has 0 aromatic rings. The molecule has 1 fully saturated rings. The van der Waals surface area contributed by atoms with Gasteiger partial charge in [0.2, 0.25) is 0 Å². The van der Waals surface area contributed by atoms with E-state index in [1.807, 2.05) is 13.8 Å². The highest BCUT2D eigenvalue weighted by atomic mass is 127. The molecule has 0 aliphatic carbocycles. The van der Waals surface area contributed by atoms with Gasteiger partial charge in [0, 0.05) is 4.43 Å². The molecule has 0 bridgehead atoms. The highest BCUT2D eigenvalue weighted by molar-refractivity contribution is 14.1. The molecule has 0 radical (unpaired) electrons. The fourth-order valence-electron chi connectivity index (χ4n) is 0.874. The Morgan fingerprint density at radius 2 is 2.40 bits per heavy atom. The van der Waals surface area contributed by atoms with Crippen LogP contribution in [0.4, 0.5) is 4.79 Å². The molecule has 0 saturated carbocycles. The Morgan fingerprint density at radius 3 is 2.60 bits per heavy atom. The third-order valence-corrected chi connectivity index (χ3v) is 2.42. The Hall–Kier alpha value is 0. The number of alkyl halides is 1. The molecular weight excluding hydrogens is 245 g/mol. The van der Waals surface area contributed by atoms with E-state index in [4.69, 9.17) is 4.74 Å². The van der Waals surface area contributed by atoms with Gasteiger partial charge in [-0.2, -0.15) is 0 Å². The molecule has 58 valence electrons. The van der Waals surface area contributed by atoms with Crippen LogP contribution in [0.3, 0.4) is 0 Å². The first-order chi connectivity index (χ1) is 4.56. The molecule has 3 nitrogen and oxygen atoms in total. The molecule has 1 aliphatic rings. The number of halogens is 1. The molecule has 1 N–H and O–H groups in total. The topological polar surface area (TPSA) is 38.3 Å². The van der Waals surface area contributed by atoms with E-state index < -0.39 is 0 Å². The summed E-state index contributed by atoms with van der Waals surface area (Å²) in [4.78, 5) is 10.7. The van der Waals surface area contributed by atoms with Crippen molar-refractivity contribution >= 4 is 28.7 Å². The van der Waals surface area contributed by atoms with Crippen molar-refractivity contribution in [1.29, 1.82) is 0 Å². The van der Waals surface area contributed by atoms with Gasteiger partial charge in [-0.1, -0.05) is 22.6 Å². The third-order valence-electron chi connectivity index (χ3n) is 1.62. The Balaban J connectivity index is 2.67. The Kier molecular flexibility index (Phi) is 2.07. The van der Waals surface area contributed by atoms with Crippen LogP contribution in [-0.2, 0) is 4.74 Å². The molecule has 10 heavy (non-hydrogen) atoms. The number of carbonyl (C=O) groups excluding carboxylic acids is 1. The molecule has 1 aliphatic heterocycles. The van der Waals surface area contributed by atoms with Crippen molar-refractivity contribution in [2.24, 2.45) is 0 Å². The highest BCUT2D eigenvalue weighted by Crippen LogP contribution is 2.21. The lowest BCUT2D eigenvalue weighted by Crippen LogP contribution is -2.42. The predicted octanol–water partition coefficient (Wildman–Crippen LogP) is 1.31. The molecule has 0 aromatic carbocycles. The first-order valence-corrected chi connectivity index (χ1v) is 4.63. The van der Waals surface area contributed by atoms with E-state index in [9.17, 15) is 4.79 Å². The maximum absolute atomic E-state index is 10.7. The van der Waals surface area contributed by atoms with Gasteiger partial charge in [0.15, 0.2) is 0 Å². The van der Waals surface area contributed by atoms with E-state index >= 15 is 0 Å². The number of cyclic esters (lactones) is 1. The largest absolute Gasteiger partial charge is 0.443 e. The van der Waals surface area contributed by atoms with Crippen molar-refractivity contribution in [3.8, 4) is 0 Å². The van der Waals surface area contributed by atoms with Crippen LogP contribution in [0.5, 0.6) is 0 Å². The Labute approximate surface area is 73.6 Å². The molecule has 1 saturated heterocycles. The van der Waals surface area contributed by atoms with Crippen LogP contribution in [-0.4, -0.2) is 22.2 Å². The lowest BCUT2D eigenvalue weighted by molar-refractivity contribution is 0.133. The zero-order valence-electron chi connectivity index (χ0n) is 5.98. The quantitative estimate of drug-likeness (QED) is 0.566. The Bertz CT molecular complexity index is 158. The third kappa shape index (κ3) is 1.36. The minimum Gasteiger partial charge on any atom is -0.443 e. The summed E-state index contributed by atoms with van der Waals surface area (Å²) in [6.07, 6.45) is -0.285. The Morgan fingerprint density at radius 1 is 1.80 bits per heavy atom. The monoisotopic (exact) mass is 255 g/mol. The minimum absolute atomic E-state index is 0.0144. The van der Waals surface area contributed by atoms with Crippen LogP contribution >= 0.6 is 22.6 Å². The molecule has 1 amide bonds. The summed E-state index contributed by atoms with van der Waals surface area (Å²) in [5.74, 6) is 0. The van der Waals surface area contributed by atoms with Crippen LogP contribution in [0.1, 0.15) is 13.8 Å². The minimum atomic E-state index is -0.299. The number of amides is 1. The summed E-state index contributed by atoms with van der Waals surface area (Å²) in [5.41, 5.74) is -0.196. The summed E-state index contributed by atoms with van der Waals surface area (Å²) in [6, 6.07) is 0. The normalized spacial score (nSPS) is 29.5. The van der Waals surface area contributed by atoms with E-state index in [0.29, 0.717) is 0 Å². The average Bonchev–Trinajstić information content (AvgIpc) is 2.04. The number of hydrogen-bond acceptors (Lipinski definition) is 2. The number of rotatable bonds is 1. The van der Waals surface area contributed by atoms with Crippen LogP contribution in [0.2, 0.25) is 0 Å². The van der Waals surface area contributed by atoms with Gasteiger partial charge in [0.05, 0.1) is 5.54 Å². The van der Waals surface area contributed by atoms with Crippen LogP contribution in [0.25, 0.3) is 0 Å². The van der Waals surface area contributed by atoms with Crippen LogP contribution in [0, 0.1) is 0 Å². The summed E-state index contributed by atoms with van der Waals surface area (Å²) in [7, 11) is 0. The van der Waals surface area contributed by atoms with Crippen molar-refractivity contribution in [1.82, 2.24) is 5.32 Å². The maximum atomic E-state index is 10.7. The van der Waals surface area contributed by atoms with E-state index in [1.165, 1.54) is 0 Å². The SMILES string of the molecule is CC1(C)NC(=O)OC1CI. The second-order valence-electron chi connectivity index (χ2n) is 2.89. The van der Waals surface area contributed by atoms with E-state index in [-0.39, 0.29) is 17.7 Å². The molecule has 1 heterocycles. The molecule has 1 unspecified atom stereocenters. The van der Waals surface area contributed by atoms with Crippen LogP contribution in [0.15, 0.2) is 0 Å². The highest BCUT2D eigenvalue weighted by Gasteiger charge is 2.39. The zero-order valence-corrected chi connectivity index (χ0v) is 8.14. The molecule has 1 atom stereocenters. The predicted molar refractivity (Wildman–Crippen MR) is 46.4 cm³/mol. The number of ether oxygens (including phenoxy) is 1. The molecule has 4 heteroatoms. The van der Waals surface area contributed by atoms with Crippen molar-refractivity contribution in [2.45, 2.75) is 25.5 Å². The van der Waals surface area contributed by atoms with Gasteiger partial charge < -0.3 is 10.1 Å². The molecule has 0 spiro atoms. The van der Waals surface area contributed by atoms with Gasteiger partial charge in [0.25, 0.3) is 0 Å². The van der Waals surface area contributed by atoms with Crippen molar-refractivity contribution in [2.75, 3.05) is 4.43 Å². The fourth-order valence-corrected chi connectivity index (χ4v) is 2.15. The first-order valence-electron chi connectivity index (χ1n) is 3.11. The number of nitrogens with one attached hydrogen (secondary N) is 1. The van der Waals surface area contributed by atoms with Crippen molar-refractivity contribution < 1.29 is 9.53 Å². The fraction of sp³-hybridized carbons (Fsp3) is 0.833. The standard InChI is InChI=1S/C6H10INO2/c1-6(2)4(3-7)10-5(9)8-6/h4H,3H2,1-2H3,(H,8,9). The van der Waals surface area contributed by atoms with Gasteiger partial charge in [-0.3, -0.25) is 0 Å². The number of alkyl carbamates (subject to hydrolysis) is 1. The first kappa shape index (κ1) is 8.10. The van der Waals surface area contributed by atoms with Gasteiger partial charge in [-0.25, -0.2) is 4.79 Å². The summed E-state index contributed by atoms with van der Waals surface area (Å²) < 4.78 is 5.80. The molecular formula is C6H10INO2.